The fraction of sp³-hybridized carbons (Fsp3) is 0.763. The average molecular weight is 579 g/mol. The fourth-order valence-corrected chi connectivity index (χ4v) is 10.5. The van der Waals surface area contributed by atoms with E-state index < -0.39 is 0 Å². The van der Waals surface area contributed by atoms with E-state index in [1.165, 1.54) is 71.0 Å². The van der Waals surface area contributed by atoms with Crippen molar-refractivity contribution in [3.05, 3.63) is 29.8 Å². The summed E-state index contributed by atoms with van der Waals surface area (Å²) in [6.45, 7) is 15.1. The van der Waals surface area contributed by atoms with Crippen LogP contribution in [-0.2, 0) is 9.53 Å². The van der Waals surface area contributed by atoms with Crippen molar-refractivity contribution < 1.29 is 19.4 Å². The molecular formula is C38H58O4. The van der Waals surface area contributed by atoms with E-state index in [0.717, 1.165) is 59.8 Å². The number of hydrogen-bond donors (Lipinski definition) is 1. The van der Waals surface area contributed by atoms with Gasteiger partial charge in [0.15, 0.2) is 11.5 Å². The quantitative estimate of drug-likeness (QED) is 0.234. The number of esters is 1. The van der Waals surface area contributed by atoms with Crippen LogP contribution in [-0.4, -0.2) is 24.3 Å². The molecule has 10 atom stereocenters. The molecule has 4 fully saturated rings. The Balaban J connectivity index is 1.18. The summed E-state index contributed by atoms with van der Waals surface area (Å²) in [6, 6.07) is 5.07. The fourth-order valence-electron chi connectivity index (χ4n) is 10.5. The van der Waals surface area contributed by atoms with Gasteiger partial charge in [0.25, 0.3) is 0 Å². The molecule has 0 spiro atoms. The lowest BCUT2D eigenvalue weighted by Gasteiger charge is -2.61. The van der Waals surface area contributed by atoms with Crippen molar-refractivity contribution >= 4 is 12.0 Å². The van der Waals surface area contributed by atoms with Crippen LogP contribution >= 0.6 is 0 Å². The molecule has 1 aromatic carbocycles. The monoisotopic (exact) mass is 578 g/mol. The average Bonchev–Trinajstić information content (AvgIpc) is 3.32. The van der Waals surface area contributed by atoms with Crippen LogP contribution in [0.3, 0.4) is 0 Å². The van der Waals surface area contributed by atoms with Crippen molar-refractivity contribution in [2.45, 2.75) is 118 Å². The number of phenols is 1. The molecule has 0 bridgehead atoms. The zero-order chi connectivity index (χ0) is 30.2. The Morgan fingerprint density at radius 1 is 0.976 bits per heavy atom. The molecule has 4 heteroatoms. The van der Waals surface area contributed by atoms with E-state index in [1.807, 2.05) is 0 Å². The lowest BCUT2D eigenvalue weighted by Crippen LogP contribution is -2.54. The van der Waals surface area contributed by atoms with Crippen molar-refractivity contribution in [2.75, 3.05) is 7.11 Å². The minimum atomic E-state index is -0.272. The van der Waals surface area contributed by atoms with Crippen molar-refractivity contribution in [1.29, 1.82) is 0 Å². The van der Waals surface area contributed by atoms with Crippen molar-refractivity contribution in [2.24, 2.45) is 58.2 Å². The first-order valence-corrected chi connectivity index (χ1v) is 17.2. The SMILES string of the molecule is COc1cc(/C=C/C(=O)O[C@H]2CCC3(C)C(CCC4C3CC[C@]3(C)C(C(C)CCC(C)C(C)C)CCC43)C2)ccc1O. The second-order valence-corrected chi connectivity index (χ2v) is 15.8. The lowest BCUT2D eigenvalue weighted by molar-refractivity contribution is -0.157. The highest BCUT2D eigenvalue weighted by atomic mass is 16.5. The summed E-state index contributed by atoms with van der Waals surface area (Å²) in [7, 11) is 1.52. The topological polar surface area (TPSA) is 55.8 Å². The molecule has 0 radical (unpaired) electrons. The molecule has 0 saturated heterocycles. The van der Waals surface area contributed by atoms with Gasteiger partial charge in [-0.05, 0) is 140 Å². The maximum atomic E-state index is 12.7. The summed E-state index contributed by atoms with van der Waals surface area (Å²) < 4.78 is 11.2. The van der Waals surface area contributed by atoms with E-state index in [-0.39, 0.29) is 17.8 Å². The van der Waals surface area contributed by atoms with Crippen LogP contribution in [0.25, 0.3) is 6.08 Å². The minimum Gasteiger partial charge on any atom is -0.504 e. The summed E-state index contributed by atoms with van der Waals surface area (Å²) in [6.07, 6.45) is 17.6. The number of hydrogen-bond acceptors (Lipinski definition) is 4. The molecule has 4 aliphatic rings. The van der Waals surface area contributed by atoms with Gasteiger partial charge in [0.2, 0.25) is 0 Å². The Morgan fingerprint density at radius 3 is 2.45 bits per heavy atom. The van der Waals surface area contributed by atoms with Crippen LogP contribution in [0.15, 0.2) is 24.3 Å². The maximum Gasteiger partial charge on any atom is 0.331 e. The van der Waals surface area contributed by atoms with Crippen LogP contribution in [0.4, 0.5) is 0 Å². The Morgan fingerprint density at radius 2 is 1.71 bits per heavy atom. The number of ether oxygens (including phenoxy) is 2. The van der Waals surface area contributed by atoms with Crippen molar-refractivity contribution in [3.8, 4) is 11.5 Å². The van der Waals surface area contributed by atoms with E-state index in [1.54, 1.807) is 24.3 Å². The van der Waals surface area contributed by atoms with Crippen LogP contribution in [0.1, 0.15) is 118 Å². The first kappa shape index (κ1) is 31.5. The molecule has 4 nitrogen and oxygen atoms in total. The second-order valence-electron chi connectivity index (χ2n) is 15.8. The molecule has 0 aromatic heterocycles. The van der Waals surface area contributed by atoms with Crippen molar-refractivity contribution in [1.82, 2.24) is 0 Å². The van der Waals surface area contributed by atoms with E-state index in [2.05, 4.69) is 41.5 Å². The first-order chi connectivity index (χ1) is 20.0. The molecule has 4 aliphatic carbocycles. The Labute approximate surface area is 256 Å². The van der Waals surface area contributed by atoms with Gasteiger partial charge < -0.3 is 14.6 Å². The second kappa shape index (κ2) is 12.6. The number of fused-ring (bicyclic) bond motifs is 5. The van der Waals surface area contributed by atoms with Gasteiger partial charge in [0.1, 0.15) is 6.10 Å². The molecule has 5 rings (SSSR count). The molecule has 42 heavy (non-hydrogen) atoms. The molecule has 1 N–H and O–H groups in total. The summed E-state index contributed by atoms with van der Waals surface area (Å²) in [5.41, 5.74) is 1.72. The van der Waals surface area contributed by atoms with E-state index >= 15 is 0 Å². The lowest BCUT2D eigenvalue weighted by atomic mass is 9.44. The highest BCUT2D eigenvalue weighted by Crippen LogP contribution is 2.68. The molecule has 1 aromatic rings. The molecule has 4 saturated carbocycles. The smallest absolute Gasteiger partial charge is 0.331 e. The third-order valence-electron chi connectivity index (χ3n) is 13.5. The van der Waals surface area contributed by atoms with Gasteiger partial charge in [-0.15, -0.1) is 0 Å². The van der Waals surface area contributed by atoms with E-state index in [0.29, 0.717) is 22.5 Å². The predicted octanol–water partition coefficient (Wildman–Crippen LogP) is 9.69. The minimum absolute atomic E-state index is 0.0185. The third kappa shape index (κ3) is 6.03. The highest BCUT2D eigenvalue weighted by Gasteiger charge is 2.60. The molecule has 0 heterocycles. The van der Waals surface area contributed by atoms with Crippen molar-refractivity contribution in [3.63, 3.8) is 0 Å². The molecular weight excluding hydrogens is 520 g/mol. The summed E-state index contributed by atoms with van der Waals surface area (Å²) in [5.74, 6) is 6.88. The Hall–Kier alpha value is -1.97. The molecule has 0 amide bonds. The number of phenolic OH excluding ortho intramolecular Hbond substituents is 1. The zero-order valence-electron chi connectivity index (χ0n) is 27.5. The zero-order valence-corrected chi connectivity index (χ0v) is 27.5. The van der Waals surface area contributed by atoms with E-state index in [4.69, 9.17) is 9.47 Å². The van der Waals surface area contributed by atoms with Crippen LogP contribution < -0.4 is 4.74 Å². The summed E-state index contributed by atoms with van der Waals surface area (Å²) in [4.78, 5) is 12.7. The van der Waals surface area contributed by atoms with Gasteiger partial charge >= 0.3 is 5.97 Å². The summed E-state index contributed by atoms with van der Waals surface area (Å²) >= 11 is 0. The maximum absolute atomic E-state index is 12.7. The van der Waals surface area contributed by atoms with Gasteiger partial charge in [0.05, 0.1) is 7.11 Å². The number of benzene rings is 1. The van der Waals surface area contributed by atoms with Crippen LogP contribution in [0, 0.1) is 58.2 Å². The molecule has 8 unspecified atom stereocenters. The standard InChI is InChI=1S/C38H58O4/c1-24(2)25(3)8-9-26(4)31-14-15-32-30-13-12-28-23-29(18-20-37(28,5)33(30)19-21-38(31,32)6)42-36(40)17-11-27-10-16-34(39)35(22-27)41-7/h10-11,16-17,22,24-26,28-33,39H,8-9,12-15,18-21,23H2,1-7H3/b17-11+/t25?,26?,28?,29-,30?,31?,32?,33?,37?,38+/m0/s1. The number of carbonyl (C=O) groups is 1. The highest BCUT2D eigenvalue weighted by molar-refractivity contribution is 5.87. The van der Waals surface area contributed by atoms with Gasteiger partial charge in [-0.2, -0.15) is 0 Å². The van der Waals surface area contributed by atoms with Crippen LogP contribution in [0.2, 0.25) is 0 Å². The largest absolute Gasteiger partial charge is 0.504 e. The van der Waals surface area contributed by atoms with Gasteiger partial charge in [-0.1, -0.05) is 60.5 Å². The number of carbonyl (C=O) groups excluding carboxylic acids is 1. The Bertz CT molecular complexity index is 1120. The van der Waals surface area contributed by atoms with E-state index in [9.17, 15) is 9.90 Å². The number of rotatable bonds is 9. The third-order valence-corrected chi connectivity index (χ3v) is 13.5. The normalized spacial score (nSPS) is 37.5. The first-order valence-electron chi connectivity index (χ1n) is 17.2. The summed E-state index contributed by atoms with van der Waals surface area (Å²) in [5, 5.41) is 9.82. The number of aromatic hydroxyl groups is 1. The Kier molecular flexibility index (Phi) is 9.41. The predicted molar refractivity (Wildman–Crippen MR) is 171 cm³/mol. The van der Waals surface area contributed by atoms with Crippen LogP contribution in [0.5, 0.6) is 11.5 Å². The number of methoxy groups -OCH3 is 1. The molecule has 234 valence electrons. The van der Waals surface area contributed by atoms with Gasteiger partial charge in [0, 0.05) is 6.08 Å². The molecule has 0 aliphatic heterocycles. The van der Waals surface area contributed by atoms with Gasteiger partial charge in [-0.25, -0.2) is 4.79 Å². The van der Waals surface area contributed by atoms with Gasteiger partial charge in [-0.3, -0.25) is 0 Å².